The maximum atomic E-state index is 11.9. The van der Waals surface area contributed by atoms with Gasteiger partial charge in [0.1, 0.15) is 12.0 Å². The van der Waals surface area contributed by atoms with Crippen LogP contribution in [0.1, 0.15) is 11.5 Å². The Bertz CT molecular complexity index is 1030. The van der Waals surface area contributed by atoms with Crippen LogP contribution in [0.3, 0.4) is 0 Å². The van der Waals surface area contributed by atoms with Gasteiger partial charge in [-0.15, -0.1) is 6.42 Å². The summed E-state index contributed by atoms with van der Waals surface area (Å²) in [6.45, 7) is 0.157. The second-order valence-corrected chi connectivity index (χ2v) is 4.95. The fraction of sp³-hybridized carbons (Fsp3) is 0.105. The second-order valence-electron chi connectivity index (χ2n) is 4.95. The summed E-state index contributed by atoms with van der Waals surface area (Å²) in [6, 6.07) is 8.63. The number of nitrogens with zero attached hydrogens (tertiary/aromatic N) is 2. The Morgan fingerprint density at radius 2 is 2.16 bits per heavy atom. The molecule has 1 aromatic carbocycles. The minimum absolute atomic E-state index is 0.157. The summed E-state index contributed by atoms with van der Waals surface area (Å²) in [7, 11) is 1.54. The molecule has 6 heteroatoms. The average molecular weight is 334 g/mol. The van der Waals surface area contributed by atoms with Crippen molar-refractivity contribution >= 4 is 23.2 Å². The number of hydrogen-bond acceptors (Lipinski definition) is 6. The Balaban J connectivity index is 1.89. The molecule has 0 radical (unpaired) electrons. The maximum absolute atomic E-state index is 11.9. The summed E-state index contributed by atoms with van der Waals surface area (Å²) in [5.74, 6) is 3.67. The lowest BCUT2D eigenvalue weighted by Gasteiger charge is -2.09. The number of benzene rings is 1. The van der Waals surface area contributed by atoms with Crippen molar-refractivity contribution in [1.29, 1.82) is 0 Å². The lowest BCUT2D eigenvalue weighted by molar-refractivity contribution is 0.331. The smallest absolute Gasteiger partial charge is 0.348 e. The first kappa shape index (κ1) is 16.3. The third-order valence-electron chi connectivity index (χ3n) is 3.34. The second kappa shape index (κ2) is 7.32. The molecule has 0 aliphatic heterocycles. The van der Waals surface area contributed by atoms with E-state index in [4.69, 9.17) is 20.3 Å². The van der Waals surface area contributed by atoms with E-state index in [0.717, 1.165) is 5.56 Å². The highest BCUT2D eigenvalue weighted by molar-refractivity contribution is 5.74. The van der Waals surface area contributed by atoms with Crippen molar-refractivity contribution in [2.45, 2.75) is 0 Å². The van der Waals surface area contributed by atoms with E-state index in [-0.39, 0.29) is 12.5 Å². The van der Waals surface area contributed by atoms with Gasteiger partial charge in [-0.2, -0.15) is 4.98 Å². The molecule has 3 aromatic rings. The SMILES string of the molecule is C#CCOc1ccc(/C=C/c2nc3ncccc3c(=O)o2)cc1OC. The summed E-state index contributed by atoms with van der Waals surface area (Å²) in [5, 5.41) is 0.344. The number of pyridine rings is 1. The molecule has 0 aliphatic carbocycles. The molecule has 0 amide bonds. The minimum Gasteiger partial charge on any atom is -0.493 e. The van der Waals surface area contributed by atoms with Gasteiger partial charge < -0.3 is 13.9 Å². The van der Waals surface area contributed by atoms with E-state index in [9.17, 15) is 4.79 Å². The fourth-order valence-electron chi connectivity index (χ4n) is 2.19. The van der Waals surface area contributed by atoms with Crippen LogP contribution in [0.25, 0.3) is 23.2 Å². The van der Waals surface area contributed by atoms with Crippen LogP contribution in [0.4, 0.5) is 0 Å². The molecular weight excluding hydrogens is 320 g/mol. The van der Waals surface area contributed by atoms with Crippen LogP contribution in [0.15, 0.2) is 45.7 Å². The molecule has 0 bridgehead atoms. The molecule has 3 rings (SSSR count). The van der Waals surface area contributed by atoms with E-state index in [1.165, 1.54) is 0 Å². The summed E-state index contributed by atoms with van der Waals surface area (Å²) in [6.07, 6.45) is 10.1. The average Bonchev–Trinajstić information content (AvgIpc) is 2.65. The van der Waals surface area contributed by atoms with E-state index >= 15 is 0 Å². The van der Waals surface area contributed by atoms with Crippen LogP contribution in [0.5, 0.6) is 11.5 Å². The summed E-state index contributed by atoms with van der Waals surface area (Å²) in [4.78, 5) is 20.2. The van der Waals surface area contributed by atoms with Crippen LogP contribution in [-0.2, 0) is 0 Å². The molecule has 2 aromatic heterocycles. The molecule has 25 heavy (non-hydrogen) atoms. The molecule has 124 valence electrons. The Morgan fingerprint density at radius 1 is 1.28 bits per heavy atom. The van der Waals surface area contributed by atoms with Crippen molar-refractivity contribution in [2.24, 2.45) is 0 Å². The topological polar surface area (TPSA) is 74.5 Å². The normalized spacial score (nSPS) is 10.7. The van der Waals surface area contributed by atoms with Crippen molar-refractivity contribution in [3.8, 4) is 23.8 Å². The first-order valence-corrected chi connectivity index (χ1v) is 7.39. The Morgan fingerprint density at radius 3 is 2.96 bits per heavy atom. The van der Waals surface area contributed by atoms with Gasteiger partial charge in [0.2, 0.25) is 5.89 Å². The molecule has 0 fully saturated rings. The molecule has 0 spiro atoms. The van der Waals surface area contributed by atoms with Crippen molar-refractivity contribution in [3.05, 3.63) is 58.4 Å². The molecule has 6 nitrogen and oxygen atoms in total. The Labute approximate surface area is 143 Å². The highest BCUT2D eigenvalue weighted by Gasteiger charge is 2.06. The predicted octanol–water partition coefficient (Wildman–Crippen LogP) is 2.77. The summed E-state index contributed by atoms with van der Waals surface area (Å²) < 4.78 is 15.9. The minimum atomic E-state index is -0.478. The molecular formula is C19H14N2O4. The number of rotatable bonds is 5. The number of aromatic nitrogens is 2. The number of terminal acetylenes is 1. The van der Waals surface area contributed by atoms with Gasteiger partial charge >= 0.3 is 5.63 Å². The monoisotopic (exact) mass is 334 g/mol. The molecule has 0 saturated carbocycles. The van der Waals surface area contributed by atoms with Crippen molar-refractivity contribution < 1.29 is 13.9 Å². The van der Waals surface area contributed by atoms with Crippen LogP contribution in [0, 0.1) is 12.3 Å². The van der Waals surface area contributed by atoms with Gasteiger partial charge in [0, 0.05) is 12.3 Å². The van der Waals surface area contributed by atoms with Crippen LogP contribution in [0.2, 0.25) is 0 Å². The summed E-state index contributed by atoms with van der Waals surface area (Å²) in [5.41, 5.74) is 0.679. The van der Waals surface area contributed by atoms with Gasteiger partial charge in [-0.25, -0.2) is 9.78 Å². The standard InChI is InChI=1S/C19H14N2O4/c1-3-11-24-15-8-6-13(12-16(15)23-2)7-9-17-21-18-14(19(22)25-17)5-4-10-20-18/h1,4-10,12H,11H2,2H3/b9-7+. The predicted molar refractivity (Wildman–Crippen MR) is 94.3 cm³/mol. The third-order valence-corrected chi connectivity index (χ3v) is 3.34. The van der Waals surface area contributed by atoms with Gasteiger partial charge in [0.15, 0.2) is 17.1 Å². The van der Waals surface area contributed by atoms with Crippen LogP contribution >= 0.6 is 0 Å². The van der Waals surface area contributed by atoms with Gasteiger partial charge in [0.25, 0.3) is 0 Å². The summed E-state index contributed by atoms with van der Waals surface area (Å²) >= 11 is 0. The lowest BCUT2D eigenvalue weighted by Crippen LogP contribution is -2.03. The number of fused-ring (bicyclic) bond motifs is 1. The van der Waals surface area contributed by atoms with Gasteiger partial charge in [-0.3, -0.25) is 0 Å². The molecule has 2 heterocycles. The molecule has 0 N–H and O–H groups in total. The van der Waals surface area contributed by atoms with Crippen LogP contribution in [-0.4, -0.2) is 23.7 Å². The zero-order valence-corrected chi connectivity index (χ0v) is 13.4. The van der Waals surface area contributed by atoms with Crippen molar-refractivity contribution in [1.82, 2.24) is 9.97 Å². The Hall–Kier alpha value is -3.59. The fourth-order valence-corrected chi connectivity index (χ4v) is 2.19. The van der Waals surface area contributed by atoms with E-state index in [1.54, 1.807) is 49.7 Å². The molecule has 0 unspecified atom stereocenters. The number of ether oxygens (including phenoxy) is 2. The molecule has 0 aliphatic rings. The first-order chi connectivity index (χ1) is 12.2. The van der Waals surface area contributed by atoms with E-state index < -0.39 is 5.63 Å². The zero-order chi connectivity index (χ0) is 17.6. The maximum Gasteiger partial charge on any atom is 0.348 e. The van der Waals surface area contributed by atoms with Crippen molar-refractivity contribution in [3.63, 3.8) is 0 Å². The van der Waals surface area contributed by atoms with Crippen LogP contribution < -0.4 is 15.1 Å². The molecule has 0 atom stereocenters. The van der Waals surface area contributed by atoms with Gasteiger partial charge in [-0.05, 0) is 35.9 Å². The number of hydrogen-bond donors (Lipinski definition) is 0. The molecule has 0 saturated heterocycles. The highest BCUT2D eigenvalue weighted by atomic mass is 16.5. The quantitative estimate of drug-likeness (QED) is 0.668. The zero-order valence-electron chi connectivity index (χ0n) is 13.4. The lowest BCUT2D eigenvalue weighted by atomic mass is 10.2. The Kier molecular flexibility index (Phi) is 4.77. The number of methoxy groups -OCH3 is 1. The van der Waals surface area contributed by atoms with E-state index in [0.29, 0.717) is 22.5 Å². The van der Waals surface area contributed by atoms with Gasteiger partial charge in [-0.1, -0.05) is 12.0 Å². The van der Waals surface area contributed by atoms with E-state index in [2.05, 4.69) is 15.9 Å². The largest absolute Gasteiger partial charge is 0.493 e. The highest BCUT2D eigenvalue weighted by Crippen LogP contribution is 2.28. The first-order valence-electron chi connectivity index (χ1n) is 7.39. The third kappa shape index (κ3) is 3.67. The van der Waals surface area contributed by atoms with Crippen molar-refractivity contribution in [2.75, 3.05) is 13.7 Å². The van der Waals surface area contributed by atoms with E-state index in [1.807, 2.05) is 6.07 Å². The van der Waals surface area contributed by atoms with Gasteiger partial charge in [0.05, 0.1) is 7.11 Å².